The number of H-pyrrole nitrogens is 1. The molecule has 0 saturated carbocycles. The minimum Gasteiger partial charge on any atom is -0.270 e. The van der Waals surface area contributed by atoms with E-state index in [0.29, 0.717) is 16.4 Å². The van der Waals surface area contributed by atoms with Gasteiger partial charge in [-0.3, -0.25) is 10.9 Å². The van der Waals surface area contributed by atoms with Crippen molar-refractivity contribution >= 4 is 11.6 Å². The third-order valence-corrected chi connectivity index (χ3v) is 2.49. The number of aromatic amines is 1. The van der Waals surface area contributed by atoms with Crippen LogP contribution in [-0.2, 0) is 0 Å². The van der Waals surface area contributed by atoms with E-state index in [1.54, 1.807) is 0 Å². The van der Waals surface area contributed by atoms with Gasteiger partial charge in [0.2, 0.25) is 0 Å². The quantitative estimate of drug-likeness (QED) is 0.556. The molecule has 2 aromatic rings. The van der Waals surface area contributed by atoms with Crippen molar-refractivity contribution in [2.75, 3.05) is 0 Å². The predicted octanol–water partition coefficient (Wildman–Crippen LogP) is 1.15. The molecule has 5 nitrogen and oxygen atoms in total. The highest BCUT2D eigenvalue weighted by Crippen LogP contribution is 2.26. The minimum atomic E-state index is -0.523. The predicted molar refractivity (Wildman–Crippen MR) is 57.0 cm³/mol. The fourth-order valence-electron chi connectivity index (χ4n) is 1.41. The smallest absolute Gasteiger partial charge is 0.147 e. The van der Waals surface area contributed by atoms with Crippen LogP contribution in [-0.4, -0.2) is 15.2 Å². The van der Waals surface area contributed by atoms with Crippen LogP contribution in [0.3, 0.4) is 0 Å². The van der Waals surface area contributed by atoms with Gasteiger partial charge in [0.05, 0.1) is 0 Å². The Morgan fingerprint density at radius 3 is 2.94 bits per heavy atom. The van der Waals surface area contributed by atoms with Gasteiger partial charge in [-0.15, -0.1) is 0 Å². The molecule has 1 atom stereocenters. The summed E-state index contributed by atoms with van der Waals surface area (Å²) in [5.74, 6) is 5.47. The van der Waals surface area contributed by atoms with Crippen LogP contribution in [0.5, 0.6) is 0 Å². The van der Waals surface area contributed by atoms with Crippen molar-refractivity contribution in [1.82, 2.24) is 20.6 Å². The van der Waals surface area contributed by atoms with Crippen molar-refractivity contribution in [3.8, 4) is 0 Å². The van der Waals surface area contributed by atoms with E-state index in [2.05, 4.69) is 20.6 Å². The summed E-state index contributed by atoms with van der Waals surface area (Å²) in [6.45, 7) is 0. The number of rotatable bonds is 3. The maximum Gasteiger partial charge on any atom is 0.147 e. The van der Waals surface area contributed by atoms with E-state index in [-0.39, 0.29) is 5.82 Å². The van der Waals surface area contributed by atoms with Gasteiger partial charge in [-0.2, -0.15) is 5.10 Å². The van der Waals surface area contributed by atoms with Crippen molar-refractivity contribution in [3.05, 3.63) is 46.8 Å². The molecule has 0 fully saturated rings. The third kappa shape index (κ3) is 2.04. The zero-order valence-electron chi connectivity index (χ0n) is 8.11. The summed E-state index contributed by atoms with van der Waals surface area (Å²) in [7, 11) is 0. The maximum absolute atomic E-state index is 13.1. The van der Waals surface area contributed by atoms with E-state index < -0.39 is 6.04 Å². The molecule has 1 aromatic heterocycles. The average molecular weight is 242 g/mol. The molecule has 1 unspecified atom stereocenters. The lowest BCUT2D eigenvalue weighted by atomic mass is 10.1. The van der Waals surface area contributed by atoms with Gasteiger partial charge < -0.3 is 0 Å². The van der Waals surface area contributed by atoms with Crippen molar-refractivity contribution < 1.29 is 4.39 Å². The molecular formula is C9H9ClFN5. The number of nitrogens with two attached hydrogens (primary N) is 1. The van der Waals surface area contributed by atoms with E-state index in [4.69, 9.17) is 17.4 Å². The molecule has 4 N–H and O–H groups in total. The summed E-state index contributed by atoms with van der Waals surface area (Å²) in [6, 6.07) is 3.52. The summed E-state index contributed by atoms with van der Waals surface area (Å²) in [5.41, 5.74) is 3.00. The molecule has 0 amide bonds. The standard InChI is InChI=1S/C9H9ClFN5/c10-7-2-1-5(11)3-6(7)8(15-12)9-13-4-14-16-9/h1-4,8,15H,12H2,(H,13,14,16). The molecule has 1 heterocycles. The van der Waals surface area contributed by atoms with Gasteiger partial charge in [0.1, 0.15) is 24.0 Å². The van der Waals surface area contributed by atoms with Crippen molar-refractivity contribution in [1.29, 1.82) is 0 Å². The lowest BCUT2D eigenvalue weighted by Crippen LogP contribution is -2.30. The van der Waals surface area contributed by atoms with Crippen LogP contribution in [0.25, 0.3) is 0 Å². The highest BCUT2D eigenvalue weighted by atomic mass is 35.5. The summed E-state index contributed by atoms with van der Waals surface area (Å²) in [5, 5.41) is 6.75. The first-order valence-corrected chi connectivity index (χ1v) is 4.86. The largest absolute Gasteiger partial charge is 0.270 e. The Morgan fingerprint density at radius 2 is 2.31 bits per heavy atom. The molecule has 2 rings (SSSR count). The Bertz CT molecular complexity index is 473. The van der Waals surface area contributed by atoms with Gasteiger partial charge in [0.25, 0.3) is 0 Å². The van der Waals surface area contributed by atoms with E-state index in [0.717, 1.165) is 0 Å². The first-order chi connectivity index (χ1) is 7.72. The molecule has 1 aromatic carbocycles. The molecule has 0 bridgehead atoms. The summed E-state index contributed by atoms with van der Waals surface area (Å²) < 4.78 is 13.1. The average Bonchev–Trinajstić information content (AvgIpc) is 2.78. The Labute approximate surface area is 95.8 Å². The molecule has 84 valence electrons. The Hall–Kier alpha value is -1.50. The lowest BCUT2D eigenvalue weighted by Gasteiger charge is -2.14. The van der Waals surface area contributed by atoms with Gasteiger partial charge in [-0.05, 0) is 23.8 Å². The van der Waals surface area contributed by atoms with Crippen LogP contribution < -0.4 is 11.3 Å². The number of halogens is 2. The molecule has 0 aliphatic heterocycles. The van der Waals surface area contributed by atoms with Crippen molar-refractivity contribution in [2.45, 2.75) is 6.04 Å². The van der Waals surface area contributed by atoms with E-state index in [1.165, 1.54) is 24.5 Å². The number of aromatic nitrogens is 3. The van der Waals surface area contributed by atoms with Crippen LogP contribution in [0.1, 0.15) is 17.4 Å². The van der Waals surface area contributed by atoms with Crippen LogP contribution in [0.4, 0.5) is 4.39 Å². The maximum atomic E-state index is 13.1. The van der Waals surface area contributed by atoms with Crippen LogP contribution in [0.15, 0.2) is 24.5 Å². The molecule has 0 aliphatic rings. The zero-order valence-corrected chi connectivity index (χ0v) is 8.87. The van der Waals surface area contributed by atoms with Gasteiger partial charge in [0, 0.05) is 5.02 Å². The number of hydrogen-bond donors (Lipinski definition) is 3. The second-order valence-corrected chi connectivity index (χ2v) is 3.54. The summed E-state index contributed by atoms with van der Waals surface area (Å²) in [6.07, 6.45) is 1.34. The number of benzene rings is 1. The first kappa shape index (κ1) is 11.0. The number of hydrazine groups is 1. The molecule has 0 saturated heterocycles. The molecule has 0 spiro atoms. The van der Waals surface area contributed by atoms with Crippen LogP contribution >= 0.6 is 11.6 Å². The Balaban J connectivity index is 2.44. The first-order valence-electron chi connectivity index (χ1n) is 4.48. The minimum absolute atomic E-state index is 0.390. The van der Waals surface area contributed by atoms with Gasteiger partial charge in [-0.1, -0.05) is 11.6 Å². The highest BCUT2D eigenvalue weighted by Gasteiger charge is 2.18. The summed E-state index contributed by atoms with van der Waals surface area (Å²) >= 11 is 5.96. The molecule has 16 heavy (non-hydrogen) atoms. The monoisotopic (exact) mass is 241 g/mol. The normalized spacial score (nSPS) is 12.7. The van der Waals surface area contributed by atoms with Crippen molar-refractivity contribution in [3.63, 3.8) is 0 Å². The van der Waals surface area contributed by atoms with E-state index in [1.807, 2.05) is 0 Å². The van der Waals surface area contributed by atoms with Crippen LogP contribution in [0.2, 0.25) is 5.02 Å². The molecule has 7 heteroatoms. The summed E-state index contributed by atoms with van der Waals surface area (Å²) in [4.78, 5) is 3.94. The Kier molecular flexibility index (Phi) is 3.14. The number of hydrogen-bond acceptors (Lipinski definition) is 4. The third-order valence-electron chi connectivity index (χ3n) is 2.14. The Morgan fingerprint density at radius 1 is 1.50 bits per heavy atom. The lowest BCUT2D eigenvalue weighted by molar-refractivity contribution is 0.588. The van der Waals surface area contributed by atoms with Gasteiger partial charge >= 0.3 is 0 Å². The van der Waals surface area contributed by atoms with Gasteiger partial charge in [-0.25, -0.2) is 14.8 Å². The second kappa shape index (κ2) is 4.56. The molecule has 0 radical (unpaired) electrons. The second-order valence-electron chi connectivity index (χ2n) is 3.14. The molecule has 0 aliphatic carbocycles. The molecular weight excluding hydrogens is 233 g/mol. The highest BCUT2D eigenvalue weighted by molar-refractivity contribution is 6.31. The van der Waals surface area contributed by atoms with E-state index >= 15 is 0 Å². The zero-order chi connectivity index (χ0) is 11.5. The van der Waals surface area contributed by atoms with E-state index in [9.17, 15) is 4.39 Å². The number of nitrogens with one attached hydrogen (secondary N) is 2. The fraction of sp³-hybridized carbons (Fsp3) is 0.111. The topological polar surface area (TPSA) is 79.6 Å². The number of nitrogens with zero attached hydrogens (tertiary/aromatic N) is 2. The van der Waals surface area contributed by atoms with Crippen molar-refractivity contribution in [2.24, 2.45) is 5.84 Å². The van der Waals surface area contributed by atoms with Gasteiger partial charge in [0.15, 0.2) is 0 Å². The fourth-order valence-corrected chi connectivity index (χ4v) is 1.63. The van der Waals surface area contributed by atoms with Crippen LogP contribution in [0, 0.1) is 5.82 Å². The SMILES string of the molecule is NNC(c1ncn[nH]1)c1cc(F)ccc1Cl.